The lowest BCUT2D eigenvalue weighted by atomic mass is 10.0. The summed E-state index contributed by atoms with van der Waals surface area (Å²) in [5, 5.41) is 3.07. The highest BCUT2D eigenvalue weighted by atomic mass is 19.4. The Morgan fingerprint density at radius 1 is 1.25 bits per heavy atom. The molecule has 1 rings (SSSR count). The van der Waals surface area contributed by atoms with Crippen LogP contribution in [0.4, 0.5) is 17.6 Å². The van der Waals surface area contributed by atoms with Crippen molar-refractivity contribution >= 4 is 0 Å². The van der Waals surface area contributed by atoms with E-state index in [1.807, 2.05) is 6.92 Å². The van der Waals surface area contributed by atoms with E-state index < -0.39 is 24.6 Å². The summed E-state index contributed by atoms with van der Waals surface area (Å²) in [6.45, 7) is 2.85. The quantitative estimate of drug-likeness (QED) is 0.773. The summed E-state index contributed by atoms with van der Waals surface area (Å²) in [5.74, 6) is -0.404. The normalized spacial score (nSPS) is 13.5. The minimum absolute atomic E-state index is 0.150. The number of ether oxygens (including phenoxy) is 1. The molecule has 0 bridgehead atoms. The number of alkyl halides is 3. The molecule has 114 valence electrons. The predicted molar refractivity (Wildman–Crippen MR) is 69.0 cm³/mol. The number of benzene rings is 1. The minimum Gasteiger partial charge on any atom is -0.370 e. The first-order valence-corrected chi connectivity index (χ1v) is 6.47. The van der Waals surface area contributed by atoms with Gasteiger partial charge in [0.15, 0.2) is 0 Å². The van der Waals surface area contributed by atoms with Crippen LogP contribution in [0.3, 0.4) is 0 Å². The van der Waals surface area contributed by atoms with E-state index in [-0.39, 0.29) is 6.61 Å². The summed E-state index contributed by atoms with van der Waals surface area (Å²) < 4.78 is 54.3. The molecule has 0 saturated heterocycles. The van der Waals surface area contributed by atoms with Gasteiger partial charge in [0.1, 0.15) is 12.4 Å². The van der Waals surface area contributed by atoms with Gasteiger partial charge in [-0.1, -0.05) is 13.0 Å². The molecule has 0 heterocycles. The van der Waals surface area contributed by atoms with Crippen LogP contribution in [0.5, 0.6) is 0 Å². The van der Waals surface area contributed by atoms with Gasteiger partial charge in [0.25, 0.3) is 0 Å². The van der Waals surface area contributed by atoms with Crippen molar-refractivity contribution in [3.8, 4) is 0 Å². The molecule has 0 saturated carbocycles. The van der Waals surface area contributed by atoms with Crippen molar-refractivity contribution in [2.24, 2.45) is 0 Å². The van der Waals surface area contributed by atoms with Crippen LogP contribution in [0.25, 0.3) is 0 Å². The van der Waals surface area contributed by atoms with Crippen molar-refractivity contribution in [3.63, 3.8) is 0 Å². The molecule has 20 heavy (non-hydrogen) atoms. The Bertz CT molecular complexity index is 400. The summed E-state index contributed by atoms with van der Waals surface area (Å²) in [6, 6.07) is 3.98. The summed E-state index contributed by atoms with van der Waals surface area (Å²) in [7, 11) is 0. The highest BCUT2D eigenvalue weighted by Crippen LogP contribution is 2.19. The molecule has 0 spiro atoms. The Hall–Kier alpha value is -1.14. The van der Waals surface area contributed by atoms with Crippen LogP contribution in [-0.4, -0.2) is 25.9 Å². The van der Waals surface area contributed by atoms with Crippen molar-refractivity contribution in [2.45, 2.75) is 32.5 Å². The van der Waals surface area contributed by atoms with Crippen molar-refractivity contribution < 1.29 is 22.3 Å². The third-order valence-corrected chi connectivity index (χ3v) is 2.66. The summed E-state index contributed by atoms with van der Waals surface area (Å²) in [4.78, 5) is 0. The molecular formula is C14H19F4NO. The number of hydrogen-bond acceptors (Lipinski definition) is 2. The molecule has 0 aliphatic rings. The van der Waals surface area contributed by atoms with Crippen LogP contribution in [0, 0.1) is 12.7 Å². The molecule has 1 atom stereocenters. The highest BCUT2D eigenvalue weighted by molar-refractivity contribution is 5.26. The second-order valence-electron chi connectivity index (χ2n) is 4.70. The van der Waals surface area contributed by atoms with Crippen LogP contribution in [0.1, 0.15) is 30.5 Å². The van der Waals surface area contributed by atoms with Gasteiger partial charge in [0, 0.05) is 0 Å². The fraction of sp³-hybridized carbons (Fsp3) is 0.571. The highest BCUT2D eigenvalue weighted by Gasteiger charge is 2.28. The molecule has 2 nitrogen and oxygen atoms in total. The van der Waals surface area contributed by atoms with E-state index in [0.717, 1.165) is 12.0 Å². The molecule has 1 N–H and O–H groups in total. The molecule has 0 amide bonds. The van der Waals surface area contributed by atoms with Crippen LogP contribution in [-0.2, 0) is 4.74 Å². The second kappa shape index (κ2) is 7.59. The third kappa shape index (κ3) is 6.34. The average Bonchev–Trinajstić information content (AvgIpc) is 2.30. The fourth-order valence-corrected chi connectivity index (χ4v) is 1.85. The van der Waals surface area contributed by atoms with Gasteiger partial charge in [-0.15, -0.1) is 0 Å². The number of aryl methyl sites for hydroxylation is 1. The molecule has 1 aromatic carbocycles. The second-order valence-corrected chi connectivity index (χ2v) is 4.70. The fourth-order valence-electron chi connectivity index (χ4n) is 1.85. The van der Waals surface area contributed by atoms with Gasteiger partial charge in [-0.2, -0.15) is 13.2 Å². The molecule has 0 aliphatic carbocycles. The maximum absolute atomic E-state index is 13.4. The number of halogens is 4. The van der Waals surface area contributed by atoms with Gasteiger partial charge in [-0.3, -0.25) is 0 Å². The van der Waals surface area contributed by atoms with Crippen molar-refractivity contribution in [1.82, 2.24) is 5.32 Å². The molecule has 1 unspecified atom stereocenters. The molecule has 1 aromatic rings. The third-order valence-electron chi connectivity index (χ3n) is 2.66. The van der Waals surface area contributed by atoms with E-state index in [1.54, 1.807) is 13.0 Å². The smallest absolute Gasteiger partial charge is 0.370 e. The zero-order valence-electron chi connectivity index (χ0n) is 11.6. The Morgan fingerprint density at radius 3 is 2.50 bits per heavy atom. The monoisotopic (exact) mass is 293 g/mol. The zero-order chi connectivity index (χ0) is 15.2. The van der Waals surface area contributed by atoms with Crippen LogP contribution in [0.15, 0.2) is 18.2 Å². The predicted octanol–water partition coefficient (Wildman–Crippen LogP) is 3.75. The lowest BCUT2D eigenvalue weighted by molar-refractivity contribution is -0.175. The summed E-state index contributed by atoms with van der Waals surface area (Å²) in [5.41, 5.74) is 1.32. The molecule has 0 radical (unpaired) electrons. The lowest BCUT2D eigenvalue weighted by Crippen LogP contribution is -2.28. The van der Waals surface area contributed by atoms with Crippen LogP contribution >= 0.6 is 0 Å². The molecule has 0 aromatic heterocycles. The molecule has 6 heteroatoms. The van der Waals surface area contributed by atoms with Gasteiger partial charge in [0.05, 0.1) is 12.6 Å². The Morgan fingerprint density at radius 2 is 1.95 bits per heavy atom. The minimum atomic E-state index is -4.35. The topological polar surface area (TPSA) is 21.3 Å². The van der Waals surface area contributed by atoms with Crippen LogP contribution in [0.2, 0.25) is 0 Å². The van der Waals surface area contributed by atoms with Crippen molar-refractivity contribution in [1.29, 1.82) is 0 Å². The number of nitrogens with one attached hydrogen (secondary N) is 1. The van der Waals surface area contributed by atoms with Gasteiger partial charge < -0.3 is 10.1 Å². The SMILES string of the molecule is CCCNC(COCC(F)(F)F)c1cc(C)cc(F)c1. The van der Waals surface area contributed by atoms with Gasteiger partial charge in [0.2, 0.25) is 0 Å². The molecular weight excluding hydrogens is 274 g/mol. The number of hydrogen-bond donors (Lipinski definition) is 1. The first-order chi connectivity index (χ1) is 9.31. The summed E-state index contributed by atoms with van der Waals surface area (Å²) in [6.07, 6.45) is -3.53. The van der Waals surface area contributed by atoms with E-state index in [4.69, 9.17) is 0 Å². The van der Waals surface area contributed by atoms with Gasteiger partial charge >= 0.3 is 6.18 Å². The van der Waals surface area contributed by atoms with E-state index >= 15 is 0 Å². The average molecular weight is 293 g/mol. The van der Waals surface area contributed by atoms with E-state index in [0.29, 0.717) is 12.1 Å². The standard InChI is InChI=1S/C14H19F4NO/c1-3-4-19-13(8-20-9-14(16,17)18)11-5-10(2)6-12(15)7-11/h5-7,13,19H,3-4,8-9H2,1-2H3. The van der Waals surface area contributed by atoms with Crippen LogP contribution < -0.4 is 5.32 Å². The lowest BCUT2D eigenvalue weighted by Gasteiger charge is -2.20. The number of rotatable bonds is 7. The summed E-state index contributed by atoms with van der Waals surface area (Å²) >= 11 is 0. The van der Waals surface area contributed by atoms with Gasteiger partial charge in [-0.25, -0.2) is 4.39 Å². The van der Waals surface area contributed by atoms with Crippen molar-refractivity contribution in [2.75, 3.05) is 19.8 Å². The molecule has 0 fully saturated rings. The Labute approximate surface area is 116 Å². The van der Waals surface area contributed by atoms with E-state index in [1.165, 1.54) is 12.1 Å². The van der Waals surface area contributed by atoms with E-state index in [9.17, 15) is 17.6 Å². The largest absolute Gasteiger partial charge is 0.411 e. The van der Waals surface area contributed by atoms with E-state index in [2.05, 4.69) is 10.1 Å². The molecule has 0 aliphatic heterocycles. The first-order valence-electron chi connectivity index (χ1n) is 6.47. The Balaban J connectivity index is 2.72. The Kier molecular flexibility index (Phi) is 6.42. The maximum atomic E-state index is 13.4. The van der Waals surface area contributed by atoms with Crippen molar-refractivity contribution in [3.05, 3.63) is 35.1 Å². The first kappa shape index (κ1) is 16.9. The van der Waals surface area contributed by atoms with Gasteiger partial charge in [-0.05, 0) is 43.1 Å². The maximum Gasteiger partial charge on any atom is 0.411 e. The zero-order valence-corrected chi connectivity index (χ0v) is 11.6.